The molecule has 20 heavy (non-hydrogen) atoms. The highest BCUT2D eigenvalue weighted by atomic mass is 32.2. The molecule has 3 aromatic rings. The number of nitrogens with zero attached hydrogens (tertiary/aromatic N) is 2. The van der Waals surface area contributed by atoms with Gasteiger partial charge in [-0.1, -0.05) is 30.0 Å². The molecule has 0 bridgehead atoms. The molecule has 1 heterocycles. The molecule has 96 valence electrons. The third kappa shape index (κ3) is 2.31. The fourth-order valence-electron chi connectivity index (χ4n) is 1.96. The first-order chi connectivity index (χ1) is 9.78. The first-order valence-corrected chi connectivity index (χ1v) is 6.91. The molecule has 3 nitrogen and oxygen atoms in total. The van der Waals surface area contributed by atoms with Crippen LogP contribution in [0.4, 0.5) is 5.69 Å². The second kappa shape index (κ2) is 5.24. The maximum atomic E-state index is 9.28. The Morgan fingerprint density at radius 2 is 1.80 bits per heavy atom. The van der Waals surface area contributed by atoms with Crippen molar-refractivity contribution in [2.75, 3.05) is 5.73 Å². The van der Waals surface area contributed by atoms with Gasteiger partial charge in [0, 0.05) is 27.1 Å². The van der Waals surface area contributed by atoms with Crippen LogP contribution in [-0.4, -0.2) is 4.98 Å². The number of pyridine rings is 1. The van der Waals surface area contributed by atoms with Crippen molar-refractivity contribution in [3.05, 3.63) is 60.3 Å². The van der Waals surface area contributed by atoms with E-state index in [0.717, 1.165) is 26.4 Å². The van der Waals surface area contributed by atoms with Gasteiger partial charge in [0.05, 0.1) is 11.1 Å². The SMILES string of the molecule is N#Cc1cnc2ccccc2c1Sc1ccc(N)cc1. The van der Waals surface area contributed by atoms with Crippen LogP contribution in [0.3, 0.4) is 0 Å². The van der Waals surface area contributed by atoms with Gasteiger partial charge in [0.1, 0.15) is 6.07 Å². The van der Waals surface area contributed by atoms with E-state index in [1.54, 1.807) is 18.0 Å². The maximum absolute atomic E-state index is 9.28. The molecule has 4 heteroatoms. The number of benzene rings is 2. The molecule has 0 saturated carbocycles. The van der Waals surface area contributed by atoms with Gasteiger partial charge in [-0.25, -0.2) is 0 Å². The molecule has 0 aliphatic rings. The Morgan fingerprint density at radius 3 is 2.55 bits per heavy atom. The lowest BCUT2D eigenvalue weighted by atomic mass is 10.2. The van der Waals surface area contributed by atoms with Gasteiger partial charge in [0.25, 0.3) is 0 Å². The summed E-state index contributed by atoms with van der Waals surface area (Å²) in [5.74, 6) is 0. The molecular weight excluding hydrogens is 266 g/mol. The Labute approximate surface area is 121 Å². The lowest BCUT2D eigenvalue weighted by Crippen LogP contribution is -1.88. The van der Waals surface area contributed by atoms with E-state index in [1.807, 2.05) is 48.5 Å². The topological polar surface area (TPSA) is 62.7 Å². The van der Waals surface area contributed by atoms with E-state index >= 15 is 0 Å². The summed E-state index contributed by atoms with van der Waals surface area (Å²) in [6.45, 7) is 0. The van der Waals surface area contributed by atoms with Gasteiger partial charge in [-0.3, -0.25) is 4.98 Å². The fraction of sp³-hybridized carbons (Fsp3) is 0. The number of para-hydroxylation sites is 1. The van der Waals surface area contributed by atoms with E-state index in [2.05, 4.69) is 11.1 Å². The fourth-order valence-corrected chi connectivity index (χ4v) is 2.96. The molecule has 3 rings (SSSR count). The normalized spacial score (nSPS) is 10.3. The summed E-state index contributed by atoms with van der Waals surface area (Å²) >= 11 is 1.56. The molecule has 0 amide bonds. The maximum Gasteiger partial charge on any atom is 0.102 e. The number of hydrogen-bond acceptors (Lipinski definition) is 4. The average Bonchev–Trinajstić information content (AvgIpc) is 2.50. The largest absolute Gasteiger partial charge is 0.399 e. The van der Waals surface area contributed by atoms with E-state index in [-0.39, 0.29) is 0 Å². The smallest absolute Gasteiger partial charge is 0.102 e. The summed E-state index contributed by atoms with van der Waals surface area (Å²) in [4.78, 5) is 6.29. The van der Waals surface area contributed by atoms with E-state index < -0.39 is 0 Å². The molecule has 2 N–H and O–H groups in total. The number of nitriles is 1. The molecule has 0 unspecified atom stereocenters. The Morgan fingerprint density at radius 1 is 1.05 bits per heavy atom. The molecule has 0 atom stereocenters. The Bertz CT molecular complexity index is 804. The number of nitrogens with two attached hydrogens (primary N) is 1. The summed E-state index contributed by atoms with van der Waals surface area (Å²) in [5, 5.41) is 10.3. The molecular formula is C16H11N3S. The Hall–Kier alpha value is -2.51. The number of anilines is 1. The minimum atomic E-state index is 0.588. The van der Waals surface area contributed by atoms with E-state index in [9.17, 15) is 5.26 Å². The van der Waals surface area contributed by atoms with Crippen LogP contribution in [0, 0.1) is 11.3 Å². The van der Waals surface area contributed by atoms with Crippen LogP contribution >= 0.6 is 11.8 Å². The van der Waals surface area contributed by atoms with Crippen molar-refractivity contribution < 1.29 is 0 Å². The summed E-state index contributed by atoms with van der Waals surface area (Å²) in [7, 11) is 0. The zero-order chi connectivity index (χ0) is 13.9. The predicted molar refractivity (Wildman–Crippen MR) is 81.4 cm³/mol. The van der Waals surface area contributed by atoms with Crippen molar-refractivity contribution >= 4 is 28.4 Å². The van der Waals surface area contributed by atoms with Gasteiger partial charge in [0.15, 0.2) is 0 Å². The van der Waals surface area contributed by atoms with Crippen LogP contribution in [0.25, 0.3) is 10.9 Å². The average molecular weight is 277 g/mol. The second-order valence-electron chi connectivity index (χ2n) is 4.30. The van der Waals surface area contributed by atoms with Crippen molar-refractivity contribution in [3.63, 3.8) is 0 Å². The predicted octanol–water partition coefficient (Wildman–Crippen LogP) is 3.84. The summed E-state index contributed by atoms with van der Waals surface area (Å²) in [5.41, 5.74) is 7.91. The standard InChI is InChI=1S/C16H11N3S/c17-9-11-10-19-15-4-2-1-3-14(15)16(11)20-13-7-5-12(18)6-8-13/h1-8,10H,18H2. The van der Waals surface area contributed by atoms with Crippen molar-refractivity contribution in [1.82, 2.24) is 4.98 Å². The lowest BCUT2D eigenvalue weighted by Gasteiger charge is -2.08. The van der Waals surface area contributed by atoms with Gasteiger partial charge in [-0.2, -0.15) is 5.26 Å². The van der Waals surface area contributed by atoms with Gasteiger partial charge >= 0.3 is 0 Å². The first-order valence-electron chi connectivity index (χ1n) is 6.09. The zero-order valence-electron chi connectivity index (χ0n) is 10.6. The highest BCUT2D eigenvalue weighted by Gasteiger charge is 2.10. The first kappa shape index (κ1) is 12.5. The molecule has 2 aromatic carbocycles. The number of nitrogen functional groups attached to an aromatic ring is 1. The minimum absolute atomic E-state index is 0.588. The third-order valence-corrected chi connectivity index (χ3v) is 4.10. The molecule has 0 aliphatic carbocycles. The van der Waals surface area contributed by atoms with E-state index in [0.29, 0.717) is 5.56 Å². The highest BCUT2D eigenvalue weighted by molar-refractivity contribution is 7.99. The minimum Gasteiger partial charge on any atom is -0.399 e. The van der Waals surface area contributed by atoms with E-state index in [1.165, 1.54) is 0 Å². The lowest BCUT2D eigenvalue weighted by molar-refractivity contribution is 1.30. The Kier molecular flexibility index (Phi) is 3.28. The molecule has 1 aromatic heterocycles. The van der Waals surface area contributed by atoms with Crippen molar-refractivity contribution in [2.45, 2.75) is 9.79 Å². The second-order valence-corrected chi connectivity index (χ2v) is 5.38. The third-order valence-electron chi connectivity index (χ3n) is 2.95. The number of rotatable bonds is 2. The molecule has 0 saturated heterocycles. The number of hydrogen-bond donors (Lipinski definition) is 1. The van der Waals surface area contributed by atoms with Crippen molar-refractivity contribution in [3.8, 4) is 6.07 Å². The molecule has 0 spiro atoms. The van der Waals surface area contributed by atoms with Crippen LogP contribution in [0.2, 0.25) is 0 Å². The van der Waals surface area contributed by atoms with Crippen LogP contribution in [0.15, 0.2) is 64.5 Å². The number of fused-ring (bicyclic) bond motifs is 1. The zero-order valence-corrected chi connectivity index (χ0v) is 11.4. The van der Waals surface area contributed by atoms with Crippen LogP contribution in [0.1, 0.15) is 5.56 Å². The highest BCUT2D eigenvalue weighted by Crippen LogP contribution is 2.35. The van der Waals surface area contributed by atoms with Gasteiger partial charge in [0.2, 0.25) is 0 Å². The monoisotopic (exact) mass is 277 g/mol. The van der Waals surface area contributed by atoms with Crippen molar-refractivity contribution in [1.29, 1.82) is 5.26 Å². The quantitative estimate of drug-likeness (QED) is 0.723. The van der Waals surface area contributed by atoms with Crippen molar-refractivity contribution in [2.24, 2.45) is 0 Å². The number of aromatic nitrogens is 1. The summed E-state index contributed by atoms with van der Waals surface area (Å²) < 4.78 is 0. The molecule has 0 radical (unpaired) electrons. The van der Waals surface area contributed by atoms with E-state index in [4.69, 9.17) is 5.73 Å². The Balaban J connectivity index is 2.14. The molecule has 0 aliphatic heterocycles. The van der Waals surface area contributed by atoms with Crippen LogP contribution in [0.5, 0.6) is 0 Å². The van der Waals surface area contributed by atoms with Gasteiger partial charge < -0.3 is 5.73 Å². The molecule has 0 fully saturated rings. The van der Waals surface area contributed by atoms with Gasteiger partial charge in [-0.05, 0) is 30.3 Å². The summed E-state index contributed by atoms with van der Waals surface area (Å²) in [6, 6.07) is 17.7. The van der Waals surface area contributed by atoms with Gasteiger partial charge in [-0.15, -0.1) is 0 Å². The summed E-state index contributed by atoms with van der Waals surface area (Å²) in [6.07, 6.45) is 1.63. The van der Waals surface area contributed by atoms with Crippen LogP contribution in [-0.2, 0) is 0 Å². The van der Waals surface area contributed by atoms with Crippen LogP contribution < -0.4 is 5.73 Å².